The minimum atomic E-state index is -0.959. The molecule has 19 heavy (non-hydrogen) atoms. The Morgan fingerprint density at radius 3 is 2.32 bits per heavy atom. The van der Waals surface area contributed by atoms with Gasteiger partial charge >= 0.3 is 12.0 Å². The van der Waals surface area contributed by atoms with E-state index in [1.54, 1.807) is 38.1 Å². The monoisotopic (exact) mass is 284 g/mol. The maximum absolute atomic E-state index is 11.4. The summed E-state index contributed by atoms with van der Waals surface area (Å²) in [4.78, 5) is 22.5. The number of carboxylic acids is 1. The van der Waals surface area contributed by atoms with Crippen molar-refractivity contribution in [2.45, 2.75) is 19.3 Å². The maximum atomic E-state index is 11.4. The third-order valence-corrected chi connectivity index (χ3v) is 2.97. The lowest BCUT2D eigenvalue weighted by Crippen LogP contribution is -2.30. The molecule has 104 valence electrons. The van der Waals surface area contributed by atoms with Gasteiger partial charge in [-0.3, -0.25) is 4.79 Å². The van der Waals surface area contributed by atoms with Crippen LogP contribution in [-0.4, -0.2) is 29.5 Å². The highest BCUT2D eigenvalue weighted by atomic mass is 35.5. The van der Waals surface area contributed by atoms with Gasteiger partial charge in [-0.15, -0.1) is 11.6 Å². The number of carbonyl (C=O) groups is 2. The summed E-state index contributed by atoms with van der Waals surface area (Å²) in [6.07, 6.45) is 0. The van der Waals surface area contributed by atoms with E-state index < -0.39 is 11.4 Å². The summed E-state index contributed by atoms with van der Waals surface area (Å²) < 4.78 is 0. The van der Waals surface area contributed by atoms with Crippen LogP contribution in [0.3, 0.4) is 0 Å². The van der Waals surface area contributed by atoms with Crippen LogP contribution in [0.4, 0.5) is 10.5 Å². The van der Waals surface area contributed by atoms with E-state index in [0.717, 1.165) is 0 Å². The molecule has 0 aliphatic heterocycles. The molecule has 0 bridgehead atoms. The molecule has 2 amide bonds. The van der Waals surface area contributed by atoms with Gasteiger partial charge in [-0.1, -0.05) is 12.1 Å². The van der Waals surface area contributed by atoms with Crippen molar-refractivity contribution in [2.24, 2.45) is 0 Å². The molecule has 0 saturated carbocycles. The van der Waals surface area contributed by atoms with E-state index in [1.165, 1.54) is 0 Å². The van der Waals surface area contributed by atoms with E-state index in [0.29, 0.717) is 23.7 Å². The van der Waals surface area contributed by atoms with Crippen LogP contribution in [-0.2, 0) is 10.2 Å². The first-order valence-electron chi connectivity index (χ1n) is 5.82. The molecule has 0 aromatic heterocycles. The zero-order valence-electron chi connectivity index (χ0n) is 10.9. The zero-order valence-corrected chi connectivity index (χ0v) is 11.6. The number of rotatable bonds is 5. The Bertz CT molecular complexity index is 457. The molecule has 0 aliphatic carbocycles. The third kappa shape index (κ3) is 4.13. The quantitative estimate of drug-likeness (QED) is 0.727. The first-order chi connectivity index (χ1) is 8.87. The van der Waals surface area contributed by atoms with Gasteiger partial charge in [0.25, 0.3) is 0 Å². The molecular weight excluding hydrogens is 268 g/mol. The first kappa shape index (κ1) is 15.3. The number of amides is 2. The van der Waals surface area contributed by atoms with Crippen molar-refractivity contribution >= 4 is 29.3 Å². The molecule has 0 atom stereocenters. The zero-order chi connectivity index (χ0) is 14.5. The molecule has 5 nitrogen and oxygen atoms in total. The van der Waals surface area contributed by atoms with Gasteiger partial charge in [0.1, 0.15) is 0 Å². The van der Waals surface area contributed by atoms with Gasteiger partial charge in [-0.05, 0) is 31.5 Å². The second-order valence-electron chi connectivity index (χ2n) is 4.58. The lowest BCUT2D eigenvalue weighted by molar-refractivity contribution is -0.142. The Balaban J connectivity index is 2.72. The topological polar surface area (TPSA) is 78.4 Å². The van der Waals surface area contributed by atoms with E-state index in [2.05, 4.69) is 10.6 Å². The molecular formula is C13H17ClN2O3. The Hall–Kier alpha value is -1.75. The van der Waals surface area contributed by atoms with Crippen molar-refractivity contribution in [3.63, 3.8) is 0 Å². The Kier molecular flexibility index (Phi) is 5.18. The van der Waals surface area contributed by atoms with E-state index in [1.807, 2.05) is 0 Å². The summed E-state index contributed by atoms with van der Waals surface area (Å²) in [5.74, 6) is -0.549. The fourth-order valence-corrected chi connectivity index (χ4v) is 1.52. The molecule has 0 spiro atoms. The second kappa shape index (κ2) is 6.43. The average molecular weight is 285 g/mol. The summed E-state index contributed by atoms with van der Waals surface area (Å²) in [5.41, 5.74) is 0.308. The molecule has 3 N–H and O–H groups in total. The molecule has 1 aromatic carbocycles. The molecule has 0 unspecified atom stereocenters. The summed E-state index contributed by atoms with van der Waals surface area (Å²) in [5, 5.41) is 14.3. The average Bonchev–Trinajstić information content (AvgIpc) is 2.36. The van der Waals surface area contributed by atoms with Crippen LogP contribution in [0, 0.1) is 0 Å². The van der Waals surface area contributed by atoms with Crippen LogP contribution in [0.25, 0.3) is 0 Å². The molecule has 1 aromatic rings. The van der Waals surface area contributed by atoms with Gasteiger partial charge < -0.3 is 15.7 Å². The number of urea groups is 1. The van der Waals surface area contributed by atoms with Gasteiger partial charge in [0.15, 0.2) is 0 Å². The number of hydrogen-bond acceptors (Lipinski definition) is 2. The SMILES string of the molecule is CC(C)(C(=O)O)c1ccc(NC(=O)NCCCl)cc1. The van der Waals surface area contributed by atoms with E-state index in [-0.39, 0.29) is 6.03 Å². The Labute approximate surface area is 117 Å². The van der Waals surface area contributed by atoms with E-state index >= 15 is 0 Å². The van der Waals surface area contributed by atoms with Crippen molar-refractivity contribution in [2.75, 3.05) is 17.7 Å². The van der Waals surface area contributed by atoms with Crippen LogP contribution in [0.2, 0.25) is 0 Å². The predicted octanol–water partition coefficient (Wildman–Crippen LogP) is 2.41. The first-order valence-corrected chi connectivity index (χ1v) is 6.36. The summed E-state index contributed by atoms with van der Waals surface area (Å²) >= 11 is 5.45. The van der Waals surface area contributed by atoms with Gasteiger partial charge in [0.2, 0.25) is 0 Å². The van der Waals surface area contributed by atoms with E-state index in [4.69, 9.17) is 16.7 Å². The van der Waals surface area contributed by atoms with Crippen molar-refractivity contribution in [3.05, 3.63) is 29.8 Å². The number of halogens is 1. The number of alkyl halides is 1. The Morgan fingerprint density at radius 1 is 1.26 bits per heavy atom. The normalized spacial score (nSPS) is 10.9. The minimum Gasteiger partial charge on any atom is -0.481 e. The lowest BCUT2D eigenvalue weighted by Gasteiger charge is -2.19. The van der Waals surface area contributed by atoms with Gasteiger partial charge in [0, 0.05) is 18.1 Å². The fraction of sp³-hybridized carbons (Fsp3) is 0.385. The maximum Gasteiger partial charge on any atom is 0.319 e. The van der Waals surface area contributed by atoms with Gasteiger partial charge in [-0.2, -0.15) is 0 Å². The highest BCUT2D eigenvalue weighted by molar-refractivity contribution is 6.18. The van der Waals surface area contributed by atoms with Crippen molar-refractivity contribution in [3.8, 4) is 0 Å². The molecule has 0 aliphatic rings. The van der Waals surface area contributed by atoms with E-state index in [9.17, 15) is 9.59 Å². The van der Waals surface area contributed by atoms with Gasteiger partial charge in [0.05, 0.1) is 5.41 Å². The summed E-state index contributed by atoms with van der Waals surface area (Å²) in [6.45, 7) is 3.65. The van der Waals surface area contributed by atoms with Crippen LogP contribution in [0.15, 0.2) is 24.3 Å². The molecule has 0 heterocycles. The molecule has 0 fully saturated rings. The summed E-state index contributed by atoms with van der Waals surface area (Å²) in [6, 6.07) is 6.36. The molecule has 1 rings (SSSR count). The van der Waals surface area contributed by atoms with Crippen LogP contribution >= 0.6 is 11.6 Å². The lowest BCUT2D eigenvalue weighted by atomic mass is 9.85. The largest absolute Gasteiger partial charge is 0.481 e. The van der Waals surface area contributed by atoms with Crippen LogP contribution in [0.5, 0.6) is 0 Å². The predicted molar refractivity (Wildman–Crippen MR) is 74.8 cm³/mol. The number of carbonyl (C=O) groups excluding carboxylic acids is 1. The van der Waals surface area contributed by atoms with Crippen LogP contribution < -0.4 is 10.6 Å². The fourth-order valence-electron chi connectivity index (χ4n) is 1.43. The highest BCUT2D eigenvalue weighted by Crippen LogP contribution is 2.24. The van der Waals surface area contributed by atoms with Crippen molar-refractivity contribution in [1.82, 2.24) is 5.32 Å². The smallest absolute Gasteiger partial charge is 0.319 e. The number of carboxylic acid groups (broad SMARTS) is 1. The van der Waals surface area contributed by atoms with Crippen LogP contribution in [0.1, 0.15) is 19.4 Å². The standard InChI is InChI=1S/C13H17ClN2O3/c1-13(2,11(17)18)9-3-5-10(6-4-9)16-12(19)15-8-7-14/h3-6H,7-8H2,1-2H3,(H,17,18)(H2,15,16,19). The number of aliphatic carboxylic acids is 1. The number of anilines is 1. The molecule has 0 radical (unpaired) electrons. The van der Waals surface area contributed by atoms with Crippen molar-refractivity contribution in [1.29, 1.82) is 0 Å². The van der Waals surface area contributed by atoms with Gasteiger partial charge in [-0.25, -0.2) is 4.79 Å². The second-order valence-corrected chi connectivity index (χ2v) is 4.96. The number of benzene rings is 1. The number of hydrogen-bond donors (Lipinski definition) is 3. The highest BCUT2D eigenvalue weighted by Gasteiger charge is 2.29. The minimum absolute atomic E-state index is 0.342. The number of nitrogens with one attached hydrogen (secondary N) is 2. The summed E-state index contributed by atoms with van der Waals surface area (Å²) in [7, 11) is 0. The third-order valence-electron chi connectivity index (χ3n) is 2.78. The van der Waals surface area contributed by atoms with Crippen molar-refractivity contribution < 1.29 is 14.7 Å². The Morgan fingerprint density at radius 2 is 1.84 bits per heavy atom. The molecule has 0 saturated heterocycles. The molecule has 6 heteroatoms.